The molecule has 0 radical (unpaired) electrons. The molecule has 0 aliphatic heterocycles. The van der Waals surface area contributed by atoms with Gasteiger partial charge in [-0.2, -0.15) is 0 Å². The minimum Gasteiger partial charge on any atom is -0.322 e. The largest absolute Gasteiger partial charge is 0.322 e. The van der Waals surface area contributed by atoms with E-state index in [0.717, 1.165) is 22.9 Å². The van der Waals surface area contributed by atoms with Gasteiger partial charge in [-0.3, -0.25) is 4.79 Å². The molecule has 0 fully saturated rings. The van der Waals surface area contributed by atoms with Gasteiger partial charge in [-0.1, -0.05) is 12.1 Å². The molecular weight excluding hydrogens is 298 g/mol. The first-order valence-corrected chi connectivity index (χ1v) is 8.77. The number of sulfone groups is 1. The van der Waals surface area contributed by atoms with Crippen LogP contribution in [-0.2, 0) is 9.84 Å². The predicted molar refractivity (Wildman–Crippen MR) is 88.2 cm³/mol. The lowest BCUT2D eigenvalue weighted by Gasteiger charge is -2.11. The van der Waals surface area contributed by atoms with Crippen LogP contribution in [0.1, 0.15) is 27.0 Å². The molecule has 22 heavy (non-hydrogen) atoms. The lowest BCUT2D eigenvalue weighted by Crippen LogP contribution is -2.13. The summed E-state index contributed by atoms with van der Waals surface area (Å²) in [5.74, 6) is -0.253. The quantitative estimate of drug-likeness (QED) is 0.945. The lowest BCUT2D eigenvalue weighted by molar-refractivity contribution is 0.102. The predicted octanol–water partition coefficient (Wildman–Crippen LogP) is 3.27. The molecule has 0 spiro atoms. The molecule has 5 heteroatoms. The Morgan fingerprint density at radius 2 is 1.55 bits per heavy atom. The van der Waals surface area contributed by atoms with Crippen molar-refractivity contribution >= 4 is 21.4 Å². The van der Waals surface area contributed by atoms with E-state index in [9.17, 15) is 13.2 Å². The molecule has 0 bridgehead atoms. The molecule has 4 nitrogen and oxygen atoms in total. The zero-order valence-electron chi connectivity index (χ0n) is 13.1. The molecule has 0 heterocycles. The van der Waals surface area contributed by atoms with Crippen molar-refractivity contribution in [3.8, 4) is 0 Å². The maximum atomic E-state index is 12.3. The van der Waals surface area contributed by atoms with E-state index in [1.54, 1.807) is 12.1 Å². The van der Waals surface area contributed by atoms with Crippen molar-refractivity contribution in [1.29, 1.82) is 0 Å². The van der Waals surface area contributed by atoms with Crippen molar-refractivity contribution in [3.63, 3.8) is 0 Å². The molecule has 0 aliphatic rings. The lowest BCUT2D eigenvalue weighted by atomic mass is 10.1. The van der Waals surface area contributed by atoms with E-state index in [1.165, 1.54) is 12.1 Å². The minimum atomic E-state index is -3.31. The van der Waals surface area contributed by atoms with E-state index >= 15 is 0 Å². The van der Waals surface area contributed by atoms with Gasteiger partial charge in [0.05, 0.1) is 4.90 Å². The summed E-state index contributed by atoms with van der Waals surface area (Å²) in [6, 6.07) is 10.2. The minimum absolute atomic E-state index is 0.188. The summed E-state index contributed by atoms with van der Waals surface area (Å²) < 4.78 is 23.2. The number of anilines is 1. The summed E-state index contributed by atoms with van der Waals surface area (Å²) in [7, 11) is -3.31. The fourth-order valence-electron chi connectivity index (χ4n) is 2.04. The average molecular weight is 317 g/mol. The Bertz CT molecular complexity index is 839. The first-order valence-electron chi connectivity index (χ1n) is 6.88. The molecule has 1 amide bonds. The summed E-state index contributed by atoms with van der Waals surface area (Å²) in [6.07, 6.45) is 1.15. The highest BCUT2D eigenvalue weighted by Crippen LogP contribution is 2.21. The maximum Gasteiger partial charge on any atom is 0.255 e. The van der Waals surface area contributed by atoms with E-state index in [4.69, 9.17) is 0 Å². The van der Waals surface area contributed by atoms with Gasteiger partial charge in [-0.25, -0.2) is 8.42 Å². The third-order valence-corrected chi connectivity index (χ3v) is 4.76. The zero-order chi connectivity index (χ0) is 16.5. The third-order valence-electron chi connectivity index (χ3n) is 3.65. The highest BCUT2D eigenvalue weighted by Gasteiger charge is 2.12. The normalized spacial score (nSPS) is 11.3. The SMILES string of the molecule is Cc1ccc(C(=O)Nc2cc(S(C)(=O)=O)ccc2C)cc1C. The van der Waals surface area contributed by atoms with E-state index in [2.05, 4.69) is 5.32 Å². The monoisotopic (exact) mass is 317 g/mol. The van der Waals surface area contributed by atoms with Gasteiger partial charge in [-0.15, -0.1) is 0 Å². The fraction of sp³-hybridized carbons (Fsp3) is 0.235. The summed E-state index contributed by atoms with van der Waals surface area (Å²) >= 11 is 0. The first-order chi connectivity index (χ1) is 10.2. The molecule has 0 saturated carbocycles. The summed E-state index contributed by atoms with van der Waals surface area (Å²) in [5, 5.41) is 2.78. The number of rotatable bonds is 3. The van der Waals surface area contributed by atoms with Gasteiger partial charge in [0.25, 0.3) is 5.91 Å². The van der Waals surface area contributed by atoms with Crippen molar-refractivity contribution in [2.45, 2.75) is 25.7 Å². The van der Waals surface area contributed by atoms with Gasteiger partial charge in [-0.05, 0) is 61.7 Å². The molecule has 0 saturated heterocycles. The number of benzene rings is 2. The van der Waals surface area contributed by atoms with Gasteiger partial charge in [0, 0.05) is 17.5 Å². The topological polar surface area (TPSA) is 63.2 Å². The summed E-state index contributed by atoms with van der Waals surface area (Å²) in [5.41, 5.74) is 4.02. The van der Waals surface area contributed by atoms with Crippen molar-refractivity contribution in [2.75, 3.05) is 11.6 Å². The molecule has 0 aliphatic carbocycles. The molecule has 116 valence electrons. The number of carbonyl (C=O) groups excluding carboxylic acids is 1. The first kappa shape index (κ1) is 16.2. The van der Waals surface area contributed by atoms with Crippen LogP contribution in [0.25, 0.3) is 0 Å². The van der Waals surface area contributed by atoms with Crippen molar-refractivity contribution in [3.05, 3.63) is 58.7 Å². The van der Waals surface area contributed by atoms with E-state index in [-0.39, 0.29) is 10.8 Å². The van der Waals surface area contributed by atoms with Crippen molar-refractivity contribution in [1.82, 2.24) is 0 Å². The molecule has 1 N–H and O–H groups in total. The molecule has 2 aromatic rings. The van der Waals surface area contributed by atoms with Gasteiger partial charge >= 0.3 is 0 Å². The number of aryl methyl sites for hydroxylation is 3. The average Bonchev–Trinajstić information content (AvgIpc) is 2.43. The Kier molecular flexibility index (Phi) is 4.37. The van der Waals surface area contributed by atoms with Crippen molar-refractivity contribution < 1.29 is 13.2 Å². The molecular formula is C17H19NO3S. The maximum absolute atomic E-state index is 12.3. The van der Waals surface area contributed by atoms with Crippen LogP contribution >= 0.6 is 0 Å². The van der Waals surface area contributed by atoms with Crippen LogP contribution in [-0.4, -0.2) is 20.6 Å². The molecule has 2 aromatic carbocycles. The van der Waals surface area contributed by atoms with E-state index in [0.29, 0.717) is 11.3 Å². The second kappa shape index (κ2) is 5.93. The Balaban J connectivity index is 2.33. The van der Waals surface area contributed by atoms with Crippen LogP contribution < -0.4 is 5.32 Å². The van der Waals surface area contributed by atoms with Crippen LogP contribution in [0, 0.1) is 20.8 Å². The van der Waals surface area contributed by atoms with E-state index < -0.39 is 9.84 Å². The number of nitrogens with one attached hydrogen (secondary N) is 1. The van der Waals surface area contributed by atoms with Gasteiger partial charge < -0.3 is 5.32 Å². The second-order valence-electron chi connectivity index (χ2n) is 5.50. The summed E-state index contributed by atoms with van der Waals surface area (Å²) in [4.78, 5) is 12.5. The van der Waals surface area contributed by atoms with Crippen LogP contribution in [0.2, 0.25) is 0 Å². The third kappa shape index (κ3) is 3.54. The number of hydrogen-bond acceptors (Lipinski definition) is 3. The zero-order valence-corrected chi connectivity index (χ0v) is 13.9. The highest BCUT2D eigenvalue weighted by atomic mass is 32.2. The van der Waals surface area contributed by atoms with Gasteiger partial charge in [0.1, 0.15) is 0 Å². The fourth-order valence-corrected chi connectivity index (χ4v) is 2.69. The number of hydrogen-bond donors (Lipinski definition) is 1. The molecule has 2 rings (SSSR count). The van der Waals surface area contributed by atoms with Crippen LogP contribution in [0.3, 0.4) is 0 Å². The van der Waals surface area contributed by atoms with Gasteiger partial charge in [0.2, 0.25) is 0 Å². The highest BCUT2D eigenvalue weighted by molar-refractivity contribution is 7.90. The Labute approximate surface area is 131 Å². The van der Waals surface area contributed by atoms with Crippen LogP contribution in [0.4, 0.5) is 5.69 Å². The van der Waals surface area contributed by atoms with Crippen molar-refractivity contribution in [2.24, 2.45) is 0 Å². The molecule has 0 atom stereocenters. The summed E-state index contributed by atoms with van der Waals surface area (Å²) in [6.45, 7) is 5.75. The van der Waals surface area contributed by atoms with Gasteiger partial charge in [0.15, 0.2) is 9.84 Å². The second-order valence-corrected chi connectivity index (χ2v) is 7.52. The standard InChI is InChI=1S/C17H19NO3S/c1-11-5-7-14(9-13(11)3)17(19)18-16-10-15(22(4,20)21)8-6-12(16)2/h5-10H,1-4H3,(H,18,19). The molecule has 0 unspecified atom stereocenters. The van der Waals surface area contributed by atoms with Crippen LogP contribution in [0.5, 0.6) is 0 Å². The Morgan fingerprint density at radius 3 is 2.14 bits per heavy atom. The molecule has 0 aromatic heterocycles. The number of carbonyl (C=O) groups is 1. The Morgan fingerprint density at radius 1 is 0.909 bits per heavy atom. The van der Waals surface area contributed by atoms with E-state index in [1.807, 2.05) is 32.9 Å². The number of amides is 1. The van der Waals surface area contributed by atoms with Crippen LogP contribution in [0.15, 0.2) is 41.3 Å². The smallest absolute Gasteiger partial charge is 0.255 e. The Hall–Kier alpha value is -2.14.